The van der Waals surface area contributed by atoms with Gasteiger partial charge in [0.05, 0.1) is 12.5 Å². The first kappa shape index (κ1) is 11.1. The molecular formula is C13H9FN2O. The predicted octanol–water partition coefficient (Wildman–Crippen LogP) is 3.08. The van der Waals surface area contributed by atoms with Crippen LogP contribution in [-0.2, 0) is 6.42 Å². The first-order valence-corrected chi connectivity index (χ1v) is 5.04. The van der Waals surface area contributed by atoms with Crippen molar-refractivity contribution in [2.24, 2.45) is 0 Å². The average molecular weight is 228 g/mol. The number of ether oxygens (including phenoxy) is 1. The minimum absolute atomic E-state index is 0.0800. The highest BCUT2D eigenvalue weighted by Crippen LogP contribution is 2.24. The number of nitrogens with zero attached hydrogens (tertiary/aromatic N) is 2. The lowest BCUT2D eigenvalue weighted by Gasteiger charge is -2.06. The summed E-state index contributed by atoms with van der Waals surface area (Å²) in [4.78, 5) is 3.94. The van der Waals surface area contributed by atoms with Crippen LogP contribution in [0.25, 0.3) is 0 Å². The van der Waals surface area contributed by atoms with Crippen LogP contribution in [0.4, 0.5) is 4.39 Å². The normalized spacial score (nSPS) is 9.65. The monoisotopic (exact) mass is 228 g/mol. The third kappa shape index (κ3) is 2.79. The van der Waals surface area contributed by atoms with Crippen molar-refractivity contribution >= 4 is 0 Å². The van der Waals surface area contributed by atoms with Gasteiger partial charge in [-0.05, 0) is 23.8 Å². The molecule has 0 spiro atoms. The summed E-state index contributed by atoms with van der Waals surface area (Å²) < 4.78 is 18.8. The molecule has 3 nitrogen and oxygen atoms in total. The minimum atomic E-state index is -0.475. The molecule has 0 bridgehead atoms. The van der Waals surface area contributed by atoms with Crippen LogP contribution in [0.5, 0.6) is 11.6 Å². The lowest BCUT2D eigenvalue weighted by molar-refractivity contribution is 0.427. The molecule has 0 N–H and O–H groups in total. The number of hydrogen-bond donors (Lipinski definition) is 0. The molecule has 0 aliphatic heterocycles. The second-order valence-corrected chi connectivity index (χ2v) is 3.37. The predicted molar refractivity (Wildman–Crippen MR) is 60.0 cm³/mol. The molecular weight excluding hydrogens is 219 g/mol. The molecule has 0 radical (unpaired) electrons. The summed E-state index contributed by atoms with van der Waals surface area (Å²) in [6.07, 6.45) is 1.78. The van der Waals surface area contributed by atoms with Crippen molar-refractivity contribution in [1.82, 2.24) is 4.98 Å². The van der Waals surface area contributed by atoms with Gasteiger partial charge in [0.2, 0.25) is 5.88 Å². The number of benzene rings is 1. The molecule has 0 aliphatic carbocycles. The van der Waals surface area contributed by atoms with Gasteiger partial charge in [0.25, 0.3) is 0 Å². The maximum Gasteiger partial charge on any atom is 0.219 e. The molecule has 0 unspecified atom stereocenters. The van der Waals surface area contributed by atoms with Crippen molar-refractivity contribution in [3.8, 4) is 17.7 Å². The molecule has 0 amide bonds. The fourth-order valence-electron chi connectivity index (χ4n) is 1.35. The van der Waals surface area contributed by atoms with Gasteiger partial charge < -0.3 is 4.74 Å². The van der Waals surface area contributed by atoms with E-state index in [1.54, 1.807) is 30.5 Å². The van der Waals surface area contributed by atoms with Crippen molar-refractivity contribution in [2.45, 2.75) is 6.42 Å². The number of aromatic nitrogens is 1. The maximum atomic E-state index is 13.5. The summed E-state index contributed by atoms with van der Waals surface area (Å²) in [6, 6.07) is 11.5. The van der Waals surface area contributed by atoms with E-state index in [0.29, 0.717) is 11.4 Å². The van der Waals surface area contributed by atoms with Crippen LogP contribution in [0.2, 0.25) is 0 Å². The van der Waals surface area contributed by atoms with Gasteiger partial charge in [0.15, 0.2) is 11.6 Å². The summed E-state index contributed by atoms with van der Waals surface area (Å²) >= 11 is 0. The Morgan fingerprint density at radius 2 is 2.18 bits per heavy atom. The highest BCUT2D eigenvalue weighted by molar-refractivity contribution is 5.34. The molecule has 2 aromatic rings. The largest absolute Gasteiger partial charge is 0.436 e. The standard InChI is InChI=1S/C13H9FN2O/c14-11-5-4-10(6-7-15)9-12(11)17-13-3-1-2-8-16-13/h1-5,8-9H,6H2. The highest BCUT2D eigenvalue weighted by atomic mass is 19.1. The van der Waals surface area contributed by atoms with E-state index in [1.807, 2.05) is 6.07 Å². The van der Waals surface area contributed by atoms with Crippen LogP contribution in [0, 0.1) is 17.1 Å². The summed E-state index contributed by atoms with van der Waals surface area (Å²) in [6.45, 7) is 0. The first-order valence-electron chi connectivity index (χ1n) is 5.04. The molecule has 0 saturated heterocycles. The quantitative estimate of drug-likeness (QED) is 0.810. The van der Waals surface area contributed by atoms with Crippen LogP contribution in [-0.4, -0.2) is 4.98 Å². The van der Waals surface area contributed by atoms with E-state index >= 15 is 0 Å². The zero-order valence-electron chi connectivity index (χ0n) is 8.93. The molecule has 0 atom stereocenters. The van der Waals surface area contributed by atoms with E-state index in [9.17, 15) is 4.39 Å². The lowest BCUT2D eigenvalue weighted by Crippen LogP contribution is -1.92. The Labute approximate surface area is 98.1 Å². The van der Waals surface area contributed by atoms with Crippen molar-refractivity contribution in [3.05, 3.63) is 54.0 Å². The van der Waals surface area contributed by atoms with Gasteiger partial charge in [-0.1, -0.05) is 12.1 Å². The number of nitriles is 1. The average Bonchev–Trinajstić information content (AvgIpc) is 2.35. The Kier molecular flexibility index (Phi) is 3.31. The van der Waals surface area contributed by atoms with Gasteiger partial charge in [-0.2, -0.15) is 5.26 Å². The third-order valence-electron chi connectivity index (χ3n) is 2.13. The fraction of sp³-hybridized carbons (Fsp3) is 0.0769. The minimum Gasteiger partial charge on any atom is -0.436 e. The van der Waals surface area contributed by atoms with E-state index in [0.717, 1.165) is 0 Å². The van der Waals surface area contributed by atoms with Gasteiger partial charge in [-0.15, -0.1) is 0 Å². The van der Waals surface area contributed by atoms with Crippen LogP contribution < -0.4 is 4.74 Å². The summed E-state index contributed by atoms with van der Waals surface area (Å²) in [7, 11) is 0. The van der Waals surface area contributed by atoms with E-state index in [4.69, 9.17) is 10.00 Å². The van der Waals surface area contributed by atoms with Gasteiger partial charge in [0.1, 0.15) is 0 Å². The number of pyridine rings is 1. The maximum absolute atomic E-state index is 13.5. The molecule has 2 rings (SSSR count). The summed E-state index contributed by atoms with van der Waals surface area (Å²) in [5.41, 5.74) is 0.708. The second kappa shape index (κ2) is 5.08. The number of halogens is 1. The number of hydrogen-bond acceptors (Lipinski definition) is 3. The smallest absolute Gasteiger partial charge is 0.219 e. The fourth-order valence-corrected chi connectivity index (χ4v) is 1.35. The second-order valence-electron chi connectivity index (χ2n) is 3.37. The van der Waals surface area contributed by atoms with E-state index < -0.39 is 5.82 Å². The topological polar surface area (TPSA) is 45.9 Å². The number of rotatable bonds is 3. The van der Waals surface area contributed by atoms with Crippen LogP contribution in [0.15, 0.2) is 42.6 Å². The molecule has 84 valence electrons. The van der Waals surface area contributed by atoms with Gasteiger partial charge in [-0.25, -0.2) is 9.37 Å². The highest BCUT2D eigenvalue weighted by Gasteiger charge is 2.06. The van der Waals surface area contributed by atoms with Gasteiger partial charge in [-0.3, -0.25) is 0 Å². The molecule has 17 heavy (non-hydrogen) atoms. The van der Waals surface area contributed by atoms with Crippen molar-refractivity contribution in [2.75, 3.05) is 0 Å². The Bertz CT molecular complexity index is 549. The zero-order chi connectivity index (χ0) is 12.1. The summed E-state index contributed by atoms with van der Waals surface area (Å²) in [5.74, 6) is -0.0747. The van der Waals surface area contributed by atoms with E-state index in [2.05, 4.69) is 4.98 Å². The van der Waals surface area contributed by atoms with Gasteiger partial charge in [0, 0.05) is 12.3 Å². The molecule has 0 fully saturated rings. The molecule has 0 saturated carbocycles. The van der Waals surface area contributed by atoms with Crippen LogP contribution in [0.3, 0.4) is 0 Å². The molecule has 4 heteroatoms. The van der Waals surface area contributed by atoms with Crippen molar-refractivity contribution < 1.29 is 9.13 Å². The van der Waals surface area contributed by atoms with Crippen LogP contribution in [0.1, 0.15) is 5.56 Å². The third-order valence-corrected chi connectivity index (χ3v) is 2.13. The van der Waals surface area contributed by atoms with Crippen molar-refractivity contribution in [1.29, 1.82) is 5.26 Å². The SMILES string of the molecule is N#CCc1ccc(F)c(Oc2ccccn2)c1. The van der Waals surface area contributed by atoms with E-state index in [-0.39, 0.29) is 12.2 Å². The Morgan fingerprint density at radius 1 is 1.29 bits per heavy atom. The van der Waals surface area contributed by atoms with Gasteiger partial charge >= 0.3 is 0 Å². The zero-order valence-corrected chi connectivity index (χ0v) is 8.93. The first-order chi connectivity index (χ1) is 8.29. The van der Waals surface area contributed by atoms with Crippen molar-refractivity contribution in [3.63, 3.8) is 0 Å². The lowest BCUT2D eigenvalue weighted by atomic mass is 10.1. The Hall–Kier alpha value is -2.41. The molecule has 1 aromatic heterocycles. The molecule has 1 heterocycles. The van der Waals surface area contributed by atoms with E-state index in [1.165, 1.54) is 12.1 Å². The Morgan fingerprint density at radius 3 is 2.88 bits per heavy atom. The summed E-state index contributed by atoms with van der Waals surface area (Å²) in [5, 5.41) is 8.57. The van der Waals surface area contributed by atoms with Crippen LogP contribution >= 0.6 is 0 Å². The molecule has 1 aromatic carbocycles. The molecule has 0 aliphatic rings. The Balaban J connectivity index is 2.26.